The number of phosphoric ester groups is 1. The number of carbonyl (C=O) groups is 1. The first-order chi connectivity index (χ1) is 27.4. The van der Waals surface area contributed by atoms with Gasteiger partial charge in [0.1, 0.15) is 19.3 Å². The maximum Gasteiger partial charge on any atom is 0.472 e. The van der Waals surface area contributed by atoms with Crippen LogP contribution in [0.4, 0.5) is 0 Å². The normalized spacial score (nSPS) is 15.6. The third kappa shape index (κ3) is 39.1. The fourth-order valence-electron chi connectivity index (χ4n) is 5.97. The first-order valence-electron chi connectivity index (χ1n) is 22.4. The highest BCUT2D eigenvalue weighted by atomic mass is 31.2. The molecule has 4 N–H and O–H groups in total. The van der Waals surface area contributed by atoms with Gasteiger partial charge in [-0.1, -0.05) is 164 Å². The Kier molecular flexibility index (Phi) is 36.7. The largest absolute Gasteiger partial charge is 0.472 e. The highest BCUT2D eigenvalue weighted by molar-refractivity contribution is 7.47. The number of amides is 1. The van der Waals surface area contributed by atoms with Crippen molar-refractivity contribution in [2.75, 3.05) is 40.9 Å². The minimum Gasteiger partial charge on any atom is -0.390 e. The summed E-state index contributed by atoms with van der Waals surface area (Å²) in [5, 5.41) is 24.6. The summed E-state index contributed by atoms with van der Waals surface area (Å²) in [7, 11) is 1.39. The van der Waals surface area contributed by atoms with Crippen molar-refractivity contribution in [1.82, 2.24) is 5.32 Å². The Bertz CT molecular complexity index is 1170. The molecule has 0 aromatic rings. The zero-order valence-electron chi connectivity index (χ0n) is 36.9. The first-order valence-corrected chi connectivity index (χ1v) is 23.9. The molecule has 0 rings (SSSR count). The van der Waals surface area contributed by atoms with Crippen LogP contribution in [0, 0.1) is 0 Å². The van der Waals surface area contributed by atoms with Crippen molar-refractivity contribution in [2.45, 2.75) is 180 Å². The van der Waals surface area contributed by atoms with Crippen LogP contribution in [0.25, 0.3) is 0 Å². The summed E-state index contributed by atoms with van der Waals surface area (Å²) < 4.78 is 23.5. The molecule has 1 amide bonds. The lowest BCUT2D eigenvalue weighted by Gasteiger charge is -2.28. The van der Waals surface area contributed by atoms with Gasteiger partial charge in [0, 0.05) is 6.42 Å². The van der Waals surface area contributed by atoms with E-state index < -0.39 is 32.7 Å². The van der Waals surface area contributed by atoms with Gasteiger partial charge in [-0.05, 0) is 64.2 Å². The van der Waals surface area contributed by atoms with Gasteiger partial charge < -0.3 is 24.9 Å². The fraction of sp³-hybridized carbons (Fsp3) is 0.723. The molecule has 0 aliphatic carbocycles. The molecule has 0 heterocycles. The van der Waals surface area contributed by atoms with Gasteiger partial charge in [-0.2, -0.15) is 0 Å². The molecule has 0 aromatic carbocycles. The molecule has 0 spiro atoms. The van der Waals surface area contributed by atoms with Gasteiger partial charge in [0.15, 0.2) is 0 Å². The lowest BCUT2D eigenvalue weighted by molar-refractivity contribution is -0.870. The van der Waals surface area contributed by atoms with E-state index in [2.05, 4.69) is 92.1 Å². The van der Waals surface area contributed by atoms with Crippen LogP contribution >= 0.6 is 7.82 Å². The average Bonchev–Trinajstić information content (AvgIpc) is 3.16. The standard InChI is InChI=1S/C47H85N2O7P/c1-6-8-10-12-14-16-18-20-21-22-23-24-25-26-27-28-30-32-34-36-38-40-46(51)48-44(43-56-57(53,54)55-42-41-49(3,4)5)47(52)45(50)39-37-35-33-31-29-19-17-15-13-11-9-7-2/h8,10,14,16,20-21,23-24,26-27,30,32,44-45,47,50,52H,6-7,9,11-13,15,17-19,22,25,28-29,31,33-43H2,1-5H3,(H-,48,51,53,54)/p+1/b10-8-,16-14-,21-20-,24-23-,27-26-,32-30-. The van der Waals surface area contributed by atoms with Crippen LogP contribution in [0.5, 0.6) is 0 Å². The van der Waals surface area contributed by atoms with Crippen molar-refractivity contribution >= 4 is 13.7 Å². The van der Waals surface area contributed by atoms with Gasteiger partial charge in [-0.15, -0.1) is 0 Å². The quantitative estimate of drug-likeness (QED) is 0.0211. The Balaban J connectivity index is 4.59. The van der Waals surface area contributed by atoms with Crippen LogP contribution in [0.3, 0.4) is 0 Å². The Hall–Kier alpha value is -2.10. The van der Waals surface area contributed by atoms with E-state index in [1.165, 1.54) is 57.8 Å². The molecule has 0 aromatic heterocycles. The molecule has 9 nitrogen and oxygen atoms in total. The molecule has 0 fully saturated rings. The lowest BCUT2D eigenvalue weighted by Crippen LogP contribution is -2.51. The van der Waals surface area contributed by atoms with Gasteiger partial charge in [0.25, 0.3) is 0 Å². The van der Waals surface area contributed by atoms with E-state index >= 15 is 0 Å². The summed E-state index contributed by atoms with van der Waals surface area (Å²) in [6, 6.07) is -1.06. The number of aliphatic hydroxyl groups excluding tert-OH is 2. The van der Waals surface area contributed by atoms with Gasteiger partial charge in [-0.25, -0.2) is 4.57 Å². The van der Waals surface area contributed by atoms with E-state index in [-0.39, 0.29) is 18.9 Å². The molecule has 57 heavy (non-hydrogen) atoms. The maximum absolute atomic E-state index is 12.9. The van der Waals surface area contributed by atoms with Crippen LogP contribution in [0.15, 0.2) is 72.9 Å². The summed E-state index contributed by atoms with van der Waals surface area (Å²) >= 11 is 0. The number of quaternary nitrogens is 1. The van der Waals surface area contributed by atoms with Gasteiger partial charge >= 0.3 is 7.82 Å². The van der Waals surface area contributed by atoms with E-state index in [0.717, 1.165) is 70.6 Å². The number of nitrogens with zero attached hydrogens (tertiary/aromatic N) is 1. The molecule has 4 unspecified atom stereocenters. The van der Waals surface area contributed by atoms with Crippen molar-refractivity contribution in [3.05, 3.63) is 72.9 Å². The van der Waals surface area contributed by atoms with Crippen LogP contribution in [0.1, 0.15) is 162 Å². The summed E-state index contributed by atoms with van der Waals surface area (Å²) in [4.78, 5) is 23.2. The van der Waals surface area contributed by atoms with E-state index in [0.29, 0.717) is 23.9 Å². The molecule has 4 atom stereocenters. The van der Waals surface area contributed by atoms with Crippen molar-refractivity contribution in [3.8, 4) is 0 Å². The Morgan fingerprint density at radius 1 is 0.632 bits per heavy atom. The molecular weight excluding hydrogens is 735 g/mol. The van der Waals surface area contributed by atoms with E-state index in [1.54, 1.807) is 0 Å². The number of nitrogens with one attached hydrogen (secondary N) is 1. The van der Waals surface area contributed by atoms with Crippen LogP contribution in [0.2, 0.25) is 0 Å². The number of phosphoric acid groups is 1. The Labute approximate surface area is 349 Å². The SMILES string of the molecule is CC/C=C\C/C=C\C/C=C\C/C=C\C/C=C\C/C=C\CCCCC(=O)NC(COP(=O)(O)OCC[N+](C)(C)C)C(O)C(O)CCCCCCCCCCCCCC. The number of likely N-dealkylation sites (N-methyl/N-ethyl adjacent to an activating group) is 1. The van der Waals surface area contributed by atoms with Crippen LogP contribution in [-0.4, -0.2) is 84.6 Å². The Morgan fingerprint density at radius 3 is 1.56 bits per heavy atom. The molecule has 10 heteroatoms. The predicted molar refractivity (Wildman–Crippen MR) is 241 cm³/mol. The molecule has 0 bridgehead atoms. The average molecular weight is 822 g/mol. The third-order valence-corrected chi connectivity index (χ3v) is 10.5. The molecule has 0 saturated carbocycles. The van der Waals surface area contributed by atoms with E-state index in [4.69, 9.17) is 9.05 Å². The number of carbonyl (C=O) groups excluding carboxylic acids is 1. The molecular formula is C47H86N2O7P+. The smallest absolute Gasteiger partial charge is 0.390 e. The van der Waals surface area contributed by atoms with E-state index in [1.807, 2.05) is 21.1 Å². The summed E-state index contributed by atoms with van der Waals surface area (Å²) in [6.45, 7) is 4.43. The molecule has 0 radical (unpaired) electrons. The summed E-state index contributed by atoms with van der Waals surface area (Å²) in [5.74, 6) is -0.304. The van der Waals surface area contributed by atoms with Crippen molar-refractivity contribution in [1.29, 1.82) is 0 Å². The number of aliphatic hydroxyl groups is 2. The number of allylic oxidation sites excluding steroid dienone is 12. The second-order valence-electron chi connectivity index (χ2n) is 16.2. The summed E-state index contributed by atoms with van der Waals surface area (Å²) in [5.41, 5.74) is 0. The minimum atomic E-state index is -4.43. The van der Waals surface area contributed by atoms with E-state index in [9.17, 15) is 24.5 Å². The third-order valence-electron chi connectivity index (χ3n) is 9.56. The van der Waals surface area contributed by atoms with Crippen molar-refractivity contribution < 1.29 is 38.0 Å². The molecule has 330 valence electrons. The summed E-state index contributed by atoms with van der Waals surface area (Å²) in [6.07, 6.45) is 46.8. The topological polar surface area (TPSA) is 125 Å². The lowest BCUT2D eigenvalue weighted by atomic mass is 9.99. The van der Waals surface area contributed by atoms with Crippen molar-refractivity contribution in [3.63, 3.8) is 0 Å². The monoisotopic (exact) mass is 822 g/mol. The minimum absolute atomic E-state index is 0.00913. The van der Waals surface area contributed by atoms with Crippen LogP contribution < -0.4 is 5.32 Å². The first kappa shape index (κ1) is 54.9. The maximum atomic E-state index is 12.9. The van der Waals surface area contributed by atoms with Crippen molar-refractivity contribution in [2.24, 2.45) is 0 Å². The number of hydrogen-bond acceptors (Lipinski definition) is 6. The second kappa shape index (κ2) is 38.1. The Morgan fingerprint density at radius 2 is 1.09 bits per heavy atom. The molecule has 0 saturated heterocycles. The van der Waals surface area contributed by atoms with Gasteiger partial charge in [0.05, 0.1) is 39.9 Å². The number of unbranched alkanes of at least 4 members (excludes halogenated alkanes) is 13. The zero-order chi connectivity index (χ0) is 42.3. The highest BCUT2D eigenvalue weighted by Gasteiger charge is 2.31. The predicted octanol–water partition coefficient (Wildman–Crippen LogP) is 11.4. The number of rotatable bonds is 39. The number of hydrogen-bond donors (Lipinski definition) is 4. The van der Waals surface area contributed by atoms with Gasteiger partial charge in [0.2, 0.25) is 5.91 Å². The van der Waals surface area contributed by atoms with Crippen LogP contribution in [-0.2, 0) is 18.4 Å². The highest BCUT2D eigenvalue weighted by Crippen LogP contribution is 2.43. The zero-order valence-corrected chi connectivity index (χ0v) is 37.8. The fourth-order valence-corrected chi connectivity index (χ4v) is 6.70. The van der Waals surface area contributed by atoms with Gasteiger partial charge in [-0.3, -0.25) is 13.8 Å². The molecule has 0 aliphatic rings. The molecule has 0 aliphatic heterocycles. The second-order valence-corrected chi connectivity index (χ2v) is 17.6.